The number of likely N-dealkylation sites (tertiary alicyclic amines) is 1. The van der Waals surface area contributed by atoms with Gasteiger partial charge in [-0.3, -0.25) is 14.4 Å². The molecule has 1 saturated heterocycles. The Kier molecular flexibility index (Phi) is 62.9. The monoisotopic (exact) mass is 685 g/mol. The van der Waals surface area contributed by atoms with Crippen LogP contribution >= 0.6 is 0 Å². The van der Waals surface area contributed by atoms with Gasteiger partial charge in [0.1, 0.15) is 6.04 Å². The maximum Gasteiger partial charge on any atom is 1.00 e. The van der Waals surface area contributed by atoms with Crippen LogP contribution in [0, 0.1) is 7.43 Å². The number of unbranched alkanes of at least 4 members (excludes halogenated alkanes) is 1. The standard InChI is InChI=1S/C10H17N4O3.C5H12N3.2C2H6.CH3.3Rb/c1-12-8(15)6-13-10(17)7-3-2-4-14(7)9(16)5-11;1-2-3-4-8-5(6)7;2*1-2;;;;/h7,11H,2-6H2,1H3,(H,12,15)(H,13,17);2-4H2,1H3,(H3-,6,7,8);2*1-2H3;1H3;;;/q2*-1;;;-1;3*+1. The zero-order valence-electron chi connectivity index (χ0n) is 22.9. The zero-order chi connectivity index (χ0) is 23.2. The molecule has 0 aromatic carbocycles. The molecular formula is C20H44N7O3Rb3. The molecule has 0 bridgehead atoms. The van der Waals surface area contributed by atoms with Crippen molar-refractivity contribution in [1.29, 1.82) is 0 Å². The van der Waals surface area contributed by atoms with E-state index in [1.807, 2.05) is 27.7 Å². The Labute approximate surface area is 349 Å². The van der Waals surface area contributed by atoms with Crippen LogP contribution in [0.2, 0.25) is 0 Å². The summed E-state index contributed by atoms with van der Waals surface area (Å²) in [5.41, 5.74) is 18.7. The van der Waals surface area contributed by atoms with E-state index in [0.29, 0.717) is 19.5 Å². The number of hydrogen-bond acceptors (Lipinski definition) is 4. The topological polar surface area (TPSA) is 164 Å². The Hall–Kier alpha value is 3.06. The summed E-state index contributed by atoms with van der Waals surface area (Å²) < 4.78 is 0. The van der Waals surface area contributed by atoms with Gasteiger partial charge in [-0.1, -0.05) is 47.6 Å². The quantitative estimate of drug-likeness (QED) is 0.105. The van der Waals surface area contributed by atoms with Gasteiger partial charge in [0.2, 0.25) is 17.7 Å². The van der Waals surface area contributed by atoms with Gasteiger partial charge in [-0.2, -0.15) is 0 Å². The fourth-order valence-corrected chi connectivity index (χ4v) is 2.17. The number of amides is 3. The molecule has 1 fully saturated rings. The van der Waals surface area contributed by atoms with Crippen molar-refractivity contribution in [2.24, 2.45) is 10.7 Å². The Morgan fingerprint density at radius 1 is 1.12 bits per heavy atom. The average molecular weight is 687 g/mol. The van der Waals surface area contributed by atoms with Crippen LogP contribution < -0.4 is 191 Å². The predicted octanol–water partition coefficient (Wildman–Crippen LogP) is -6.44. The van der Waals surface area contributed by atoms with Crippen molar-refractivity contribution in [3.63, 3.8) is 0 Å². The molecule has 33 heavy (non-hydrogen) atoms. The smallest absolute Gasteiger partial charge is 0.670 e. The molecule has 180 valence electrons. The fraction of sp³-hybridized carbons (Fsp3) is 0.750. The van der Waals surface area contributed by atoms with Crippen LogP contribution in [0.1, 0.15) is 60.3 Å². The molecule has 13 heteroatoms. The van der Waals surface area contributed by atoms with Crippen molar-refractivity contribution >= 4 is 23.7 Å². The number of nitrogens with two attached hydrogens (primary N) is 1. The van der Waals surface area contributed by atoms with Crippen LogP contribution in [0.5, 0.6) is 0 Å². The van der Waals surface area contributed by atoms with E-state index in [2.05, 4.69) is 22.5 Å². The van der Waals surface area contributed by atoms with Gasteiger partial charge in [-0.25, -0.2) is 0 Å². The second-order valence-electron chi connectivity index (χ2n) is 5.43. The van der Waals surface area contributed by atoms with Gasteiger partial charge in [0.15, 0.2) is 0 Å². The van der Waals surface area contributed by atoms with Crippen molar-refractivity contribution in [1.82, 2.24) is 15.5 Å². The summed E-state index contributed by atoms with van der Waals surface area (Å²) in [4.78, 5) is 39.2. The normalized spacial score (nSPS) is 13.0. The first-order valence-corrected chi connectivity index (χ1v) is 10.3. The summed E-state index contributed by atoms with van der Waals surface area (Å²) in [6, 6.07) is -0.530. The summed E-state index contributed by atoms with van der Waals surface area (Å²) in [7, 11) is 1.49. The average Bonchev–Trinajstić information content (AvgIpc) is 3.24. The largest absolute Gasteiger partial charge is 1.00 e. The number of likely N-dealkylation sites (N-methyl/N-ethyl adjacent to an activating group) is 1. The molecule has 1 rings (SSSR count). The van der Waals surface area contributed by atoms with Crippen molar-refractivity contribution in [3.8, 4) is 0 Å². The Bertz CT molecular complexity index is 482. The number of aliphatic imine (C=N–C) groups is 1. The van der Waals surface area contributed by atoms with E-state index in [1.54, 1.807) is 0 Å². The van der Waals surface area contributed by atoms with Crippen LogP contribution in [0.15, 0.2) is 4.99 Å². The van der Waals surface area contributed by atoms with E-state index < -0.39 is 6.04 Å². The predicted molar refractivity (Wildman–Crippen MR) is 126 cm³/mol. The Morgan fingerprint density at radius 2 is 1.64 bits per heavy atom. The molecule has 1 aliphatic heterocycles. The minimum atomic E-state index is -0.530. The number of guanidine groups is 1. The summed E-state index contributed by atoms with van der Waals surface area (Å²) in [6.07, 6.45) is 3.48. The first-order chi connectivity index (χ1) is 13.9. The first-order valence-electron chi connectivity index (χ1n) is 10.3. The maximum absolute atomic E-state index is 11.8. The van der Waals surface area contributed by atoms with Gasteiger partial charge in [0.05, 0.1) is 6.54 Å². The summed E-state index contributed by atoms with van der Waals surface area (Å²) >= 11 is 0. The number of nitrogens with one attached hydrogen (secondary N) is 4. The number of carbonyl (C=O) groups excluding carboxylic acids is 3. The molecule has 0 aliphatic carbocycles. The minimum absolute atomic E-state index is 0. The first kappa shape index (κ1) is 52.5. The molecule has 0 spiro atoms. The van der Waals surface area contributed by atoms with E-state index in [0.717, 1.165) is 19.3 Å². The van der Waals surface area contributed by atoms with Gasteiger partial charge in [-0.15, -0.1) is 0 Å². The molecule has 1 atom stereocenters. The second-order valence-corrected chi connectivity index (χ2v) is 5.43. The molecule has 0 aromatic rings. The van der Waals surface area contributed by atoms with Crippen LogP contribution in [0.25, 0.3) is 11.5 Å². The van der Waals surface area contributed by atoms with E-state index >= 15 is 0 Å². The third kappa shape index (κ3) is 31.2. The molecule has 1 heterocycles. The molecule has 10 nitrogen and oxygen atoms in total. The molecule has 6 N–H and O–H groups in total. The van der Waals surface area contributed by atoms with Crippen molar-refractivity contribution in [3.05, 3.63) is 18.9 Å². The Morgan fingerprint density at radius 3 is 2.03 bits per heavy atom. The number of hydrogen-bond donors (Lipinski definition) is 3. The van der Waals surface area contributed by atoms with Crippen molar-refractivity contribution in [2.75, 3.05) is 33.2 Å². The second kappa shape index (κ2) is 39.6. The van der Waals surface area contributed by atoms with Gasteiger partial charge in [0.25, 0.3) is 0 Å². The summed E-state index contributed by atoms with van der Waals surface area (Å²) in [5.74, 6) is -1.01. The van der Waals surface area contributed by atoms with E-state index in [4.69, 9.17) is 17.2 Å². The summed E-state index contributed by atoms with van der Waals surface area (Å²) in [5, 5.41) is 4.87. The third-order valence-corrected chi connectivity index (χ3v) is 3.52. The third-order valence-electron chi connectivity index (χ3n) is 3.52. The van der Waals surface area contributed by atoms with E-state index in [1.165, 1.54) is 11.9 Å². The molecule has 1 aliphatic rings. The van der Waals surface area contributed by atoms with E-state index in [9.17, 15) is 14.4 Å². The van der Waals surface area contributed by atoms with Crippen LogP contribution in [0.3, 0.4) is 0 Å². The molecule has 0 aromatic heterocycles. The van der Waals surface area contributed by atoms with Crippen molar-refractivity contribution < 1.29 is 189 Å². The van der Waals surface area contributed by atoms with E-state index in [-0.39, 0.29) is 219 Å². The molecule has 0 saturated carbocycles. The van der Waals surface area contributed by atoms with Gasteiger partial charge in [-0.05, 0) is 31.8 Å². The number of rotatable bonds is 7. The zero-order valence-corrected chi connectivity index (χ0v) is 37.7. The number of nitrogens with zero attached hydrogens (tertiary/aromatic N) is 2. The minimum Gasteiger partial charge on any atom is -0.670 e. The van der Waals surface area contributed by atoms with Gasteiger partial charge < -0.3 is 45.2 Å². The van der Waals surface area contributed by atoms with Crippen molar-refractivity contribution in [2.45, 2.75) is 66.3 Å². The van der Waals surface area contributed by atoms with Gasteiger partial charge in [0, 0.05) is 13.6 Å². The molecule has 3 amide bonds. The Balaban J connectivity index is -0.0000000732. The SMILES string of the molecule is CC.CC.CCCCN=C([NH-])N.CNC(=O)CNC(=O)C1CCCN1C(=O)C[NH-].[CH3-].[Rb+].[Rb+].[Rb+]. The molecule has 0 radical (unpaired) electrons. The van der Waals surface area contributed by atoms with Crippen LogP contribution in [0.4, 0.5) is 0 Å². The summed E-state index contributed by atoms with van der Waals surface area (Å²) in [6.45, 7) is 10.9. The van der Waals surface area contributed by atoms with Crippen LogP contribution in [-0.2, 0) is 14.4 Å². The van der Waals surface area contributed by atoms with Crippen LogP contribution in [-0.4, -0.2) is 67.8 Å². The molecular weight excluding hydrogens is 643 g/mol. The fourth-order valence-electron chi connectivity index (χ4n) is 2.17. The van der Waals surface area contributed by atoms with Gasteiger partial charge >= 0.3 is 175 Å². The number of carbonyl (C=O) groups is 3. The maximum atomic E-state index is 11.8. The molecule has 1 unspecified atom stereocenters.